The van der Waals surface area contributed by atoms with Gasteiger partial charge in [0.1, 0.15) is 5.75 Å². The van der Waals surface area contributed by atoms with Crippen LogP contribution >= 0.6 is 11.8 Å². The SMILES string of the molecule is CCCCOc1ccc(C(=O)Nc2ccc(C3C(C(=O)N(C)C)=C(C)N=C4SCCCN43)cc2)cc1. The quantitative estimate of drug-likeness (QED) is 0.490. The molecule has 2 aromatic rings. The molecule has 0 spiro atoms. The van der Waals surface area contributed by atoms with Crippen molar-refractivity contribution in [2.45, 2.75) is 39.2 Å². The van der Waals surface area contributed by atoms with Crippen molar-refractivity contribution in [3.05, 3.63) is 70.9 Å². The van der Waals surface area contributed by atoms with Crippen LogP contribution in [0.25, 0.3) is 0 Å². The summed E-state index contributed by atoms with van der Waals surface area (Å²) in [6, 6.07) is 14.8. The highest BCUT2D eigenvalue weighted by molar-refractivity contribution is 8.13. The smallest absolute Gasteiger partial charge is 0.255 e. The molecule has 0 aliphatic carbocycles. The number of unbranched alkanes of at least 4 members (excludes halogenated alkanes) is 1. The third-order valence-corrected chi connectivity index (χ3v) is 7.34. The lowest BCUT2D eigenvalue weighted by molar-refractivity contribution is -0.125. The Morgan fingerprint density at radius 3 is 2.53 bits per heavy atom. The van der Waals surface area contributed by atoms with Crippen LogP contribution in [0.15, 0.2) is 64.8 Å². The van der Waals surface area contributed by atoms with E-state index in [4.69, 9.17) is 9.73 Å². The van der Waals surface area contributed by atoms with Crippen LogP contribution in [0.3, 0.4) is 0 Å². The third kappa shape index (κ3) is 5.75. The van der Waals surface area contributed by atoms with Crippen LogP contribution in [-0.2, 0) is 4.79 Å². The first-order valence-corrected chi connectivity index (χ1v) is 13.4. The number of allylic oxidation sites excluding steroid dienone is 1. The number of carbonyl (C=O) groups is 2. The molecule has 1 N–H and O–H groups in total. The summed E-state index contributed by atoms with van der Waals surface area (Å²) >= 11 is 1.74. The molecule has 1 saturated heterocycles. The zero-order valence-corrected chi connectivity index (χ0v) is 22.2. The lowest BCUT2D eigenvalue weighted by Gasteiger charge is -2.41. The summed E-state index contributed by atoms with van der Waals surface area (Å²) in [6.45, 7) is 5.56. The number of amides is 2. The van der Waals surface area contributed by atoms with Crippen molar-refractivity contribution in [1.29, 1.82) is 0 Å². The Morgan fingerprint density at radius 1 is 1.14 bits per heavy atom. The number of carbonyl (C=O) groups excluding carboxylic acids is 2. The van der Waals surface area contributed by atoms with Gasteiger partial charge in [-0.2, -0.15) is 0 Å². The monoisotopic (exact) mass is 506 g/mol. The Balaban J connectivity index is 1.51. The highest BCUT2D eigenvalue weighted by atomic mass is 32.2. The molecule has 1 fully saturated rings. The number of hydrogen-bond acceptors (Lipinski definition) is 6. The highest BCUT2D eigenvalue weighted by Gasteiger charge is 2.37. The number of fused-ring (bicyclic) bond motifs is 1. The fourth-order valence-corrected chi connectivity index (χ4v) is 5.34. The second-order valence-corrected chi connectivity index (χ2v) is 10.3. The summed E-state index contributed by atoms with van der Waals surface area (Å²) in [5.74, 6) is 1.59. The fraction of sp³-hybridized carbons (Fsp3) is 0.393. The predicted molar refractivity (Wildman–Crippen MR) is 147 cm³/mol. The van der Waals surface area contributed by atoms with E-state index in [2.05, 4.69) is 17.1 Å². The van der Waals surface area contributed by atoms with E-state index in [0.717, 1.165) is 53.7 Å². The number of ether oxygens (including phenoxy) is 1. The summed E-state index contributed by atoms with van der Waals surface area (Å²) in [5, 5.41) is 3.94. The maximum absolute atomic E-state index is 13.1. The van der Waals surface area contributed by atoms with Crippen molar-refractivity contribution in [3.8, 4) is 5.75 Å². The van der Waals surface area contributed by atoms with Crippen LogP contribution in [0.5, 0.6) is 5.75 Å². The predicted octanol–water partition coefficient (Wildman–Crippen LogP) is 5.33. The first-order valence-electron chi connectivity index (χ1n) is 12.4. The second-order valence-electron chi connectivity index (χ2n) is 9.19. The van der Waals surface area contributed by atoms with Crippen LogP contribution in [0, 0.1) is 0 Å². The molecule has 1 unspecified atom stereocenters. The molecule has 7 nitrogen and oxygen atoms in total. The van der Waals surface area contributed by atoms with E-state index in [1.807, 2.05) is 43.3 Å². The first-order chi connectivity index (χ1) is 17.4. The van der Waals surface area contributed by atoms with Gasteiger partial charge in [-0.25, -0.2) is 4.99 Å². The van der Waals surface area contributed by atoms with Gasteiger partial charge < -0.3 is 19.9 Å². The summed E-state index contributed by atoms with van der Waals surface area (Å²) in [6.07, 6.45) is 3.12. The van der Waals surface area contributed by atoms with Gasteiger partial charge in [0.05, 0.1) is 23.9 Å². The molecule has 0 radical (unpaired) electrons. The number of anilines is 1. The second kappa shape index (κ2) is 11.6. The van der Waals surface area contributed by atoms with Gasteiger partial charge in [-0.05, 0) is 61.7 Å². The molecule has 2 aliphatic rings. The zero-order valence-electron chi connectivity index (χ0n) is 21.4. The number of benzene rings is 2. The summed E-state index contributed by atoms with van der Waals surface area (Å²) in [5.41, 5.74) is 3.73. The molecular formula is C28H34N4O3S. The van der Waals surface area contributed by atoms with Gasteiger partial charge in [0.25, 0.3) is 11.8 Å². The van der Waals surface area contributed by atoms with Crippen LogP contribution < -0.4 is 10.1 Å². The Kier molecular flexibility index (Phi) is 8.36. The number of thioether (sulfide) groups is 1. The van der Waals surface area contributed by atoms with Gasteiger partial charge in [0.2, 0.25) is 0 Å². The molecule has 36 heavy (non-hydrogen) atoms. The molecule has 190 valence electrons. The number of amidine groups is 1. The summed E-state index contributed by atoms with van der Waals surface area (Å²) in [4.78, 5) is 34.5. The maximum atomic E-state index is 13.1. The molecule has 0 aromatic heterocycles. The van der Waals surface area contributed by atoms with Crippen molar-refractivity contribution >= 4 is 34.4 Å². The van der Waals surface area contributed by atoms with Gasteiger partial charge in [-0.3, -0.25) is 9.59 Å². The van der Waals surface area contributed by atoms with Crippen LogP contribution in [0.1, 0.15) is 55.1 Å². The molecule has 2 amide bonds. The number of likely N-dealkylation sites (N-methyl/N-ethyl adjacent to an activating group) is 1. The molecule has 0 bridgehead atoms. The van der Waals surface area contributed by atoms with Crippen LogP contribution in [0.2, 0.25) is 0 Å². The number of nitrogens with zero attached hydrogens (tertiary/aromatic N) is 3. The minimum absolute atomic E-state index is 0.0321. The standard InChI is InChI=1S/C28H34N4O3S/c1-5-6-17-35-23-14-10-21(11-15-23)26(33)30-22-12-8-20(9-13-22)25-24(27(34)31(3)4)19(2)29-28-32(25)16-7-18-36-28/h8-15,25H,5-7,16-18H2,1-4H3,(H,30,33). The summed E-state index contributed by atoms with van der Waals surface area (Å²) in [7, 11) is 3.54. The van der Waals surface area contributed by atoms with E-state index < -0.39 is 0 Å². The van der Waals surface area contributed by atoms with E-state index in [-0.39, 0.29) is 17.9 Å². The molecule has 4 rings (SSSR count). The Labute approximate surface area is 217 Å². The zero-order chi connectivity index (χ0) is 25.7. The minimum Gasteiger partial charge on any atom is -0.494 e. The fourth-order valence-electron chi connectivity index (χ4n) is 4.32. The van der Waals surface area contributed by atoms with Gasteiger partial charge >= 0.3 is 0 Å². The molecule has 2 heterocycles. The maximum Gasteiger partial charge on any atom is 0.255 e. The average molecular weight is 507 g/mol. The molecule has 8 heteroatoms. The first kappa shape index (κ1) is 25.8. The van der Waals surface area contributed by atoms with E-state index in [1.54, 1.807) is 42.9 Å². The van der Waals surface area contributed by atoms with Crippen LogP contribution in [0.4, 0.5) is 5.69 Å². The lowest BCUT2D eigenvalue weighted by Crippen LogP contribution is -2.43. The lowest BCUT2D eigenvalue weighted by atomic mass is 9.93. The molecule has 2 aliphatic heterocycles. The summed E-state index contributed by atoms with van der Waals surface area (Å²) < 4.78 is 5.68. The number of nitrogens with one attached hydrogen (secondary N) is 1. The highest BCUT2D eigenvalue weighted by Crippen LogP contribution is 2.40. The molecule has 1 atom stereocenters. The van der Waals surface area contributed by atoms with E-state index in [1.165, 1.54) is 0 Å². The average Bonchev–Trinajstić information content (AvgIpc) is 2.88. The van der Waals surface area contributed by atoms with Crippen molar-refractivity contribution in [3.63, 3.8) is 0 Å². The Bertz CT molecular complexity index is 1160. The molecular weight excluding hydrogens is 472 g/mol. The van der Waals surface area contributed by atoms with E-state index >= 15 is 0 Å². The Hall–Kier alpha value is -3.26. The number of aliphatic imine (C=N–C) groups is 1. The largest absolute Gasteiger partial charge is 0.494 e. The van der Waals surface area contributed by atoms with E-state index in [9.17, 15) is 9.59 Å². The van der Waals surface area contributed by atoms with Crippen molar-refractivity contribution in [2.75, 3.05) is 38.3 Å². The van der Waals surface area contributed by atoms with Gasteiger partial charge in [0, 0.05) is 37.6 Å². The molecule has 2 aromatic carbocycles. The number of hydrogen-bond donors (Lipinski definition) is 1. The topological polar surface area (TPSA) is 74.2 Å². The third-order valence-electron chi connectivity index (χ3n) is 6.26. The van der Waals surface area contributed by atoms with Crippen molar-refractivity contribution in [1.82, 2.24) is 9.80 Å². The van der Waals surface area contributed by atoms with Gasteiger partial charge in [-0.15, -0.1) is 0 Å². The van der Waals surface area contributed by atoms with Gasteiger partial charge in [-0.1, -0.05) is 37.2 Å². The Morgan fingerprint density at radius 2 is 1.86 bits per heavy atom. The molecule has 0 saturated carbocycles. The van der Waals surface area contributed by atoms with Crippen molar-refractivity contribution < 1.29 is 14.3 Å². The normalized spacial score (nSPS) is 17.3. The van der Waals surface area contributed by atoms with Crippen molar-refractivity contribution in [2.24, 2.45) is 4.99 Å². The number of rotatable bonds is 8. The minimum atomic E-state index is -0.204. The van der Waals surface area contributed by atoms with Gasteiger partial charge in [0.15, 0.2) is 5.17 Å². The van der Waals surface area contributed by atoms with Crippen LogP contribution in [-0.4, -0.2) is 59.8 Å². The van der Waals surface area contributed by atoms with E-state index in [0.29, 0.717) is 23.4 Å².